The first-order chi connectivity index (χ1) is 13.9. The number of carbonyl (C=O) groups is 1. The van der Waals surface area contributed by atoms with E-state index in [1.54, 1.807) is 47.5 Å². The number of nitrogens with zero attached hydrogens (tertiary/aromatic N) is 2. The van der Waals surface area contributed by atoms with Gasteiger partial charge >= 0.3 is 0 Å². The van der Waals surface area contributed by atoms with E-state index in [0.29, 0.717) is 15.9 Å². The molecule has 3 aromatic rings. The van der Waals surface area contributed by atoms with Crippen molar-refractivity contribution in [2.75, 3.05) is 11.9 Å². The van der Waals surface area contributed by atoms with Crippen LogP contribution in [-0.2, 0) is 11.2 Å². The molecule has 1 saturated carbocycles. The Morgan fingerprint density at radius 2 is 1.93 bits per heavy atom. The van der Waals surface area contributed by atoms with E-state index in [1.165, 1.54) is 23.1 Å². The van der Waals surface area contributed by atoms with Crippen LogP contribution in [0.25, 0.3) is 11.1 Å². The van der Waals surface area contributed by atoms with Crippen molar-refractivity contribution < 1.29 is 13.6 Å². The summed E-state index contributed by atoms with van der Waals surface area (Å²) in [5, 5.41) is 1.40. The minimum Gasteiger partial charge on any atom is -0.291 e. The third-order valence-electron chi connectivity index (χ3n) is 4.75. The van der Waals surface area contributed by atoms with Gasteiger partial charge in [-0.25, -0.2) is 13.8 Å². The number of anilines is 1. The molecule has 2 aromatic carbocycles. The van der Waals surface area contributed by atoms with Gasteiger partial charge in [0.1, 0.15) is 11.6 Å². The van der Waals surface area contributed by atoms with Gasteiger partial charge in [-0.1, -0.05) is 35.6 Å². The van der Waals surface area contributed by atoms with Crippen LogP contribution in [0.5, 0.6) is 0 Å². The lowest BCUT2D eigenvalue weighted by Crippen LogP contribution is -2.27. The minimum atomic E-state index is -0.486. The van der Waals surface area contributed by atoms with Gasteiger partial charge in [0.25, 0.3) is 0 Å². The number of hydrogen-bond donors (Lipinski definition) is 0. The van der Waals surface area contributed by atoms with Crippen molar-refractivity contribution in [3.63, 3.8) is 0 Å². The molecule has 1 heterocycles. The third-order valence-corrected chi connectivity index (χ3v) is 7.63. The summed E-state index contributed by atoms with van der Waals surface area (Å²) >= 11 is 3.41. The summed E-state index contributed by atoms with van der Waals surface area (Å²) in [7, 11) is 1.74. The number of rotatable bonds is 6. The van der Waals surface area contributed by atoms with Crippen LogP contribution in [0.2, 0.25) is 0 Å². The normalized spacial score (nSPS) is 13.5. The Labute approximate surface area is 176 Å². The first-order valence-electron chi connectivity index (χ1n) is 9.35. The van der Waals surface area contributed by atoms with Crippen molar-refractivity contribution in [3.05, 3.63) is 65.4 Å². The molecule has 1 aliphatic rings. The smallest absolute Gasteiger partial charge is 0.232 e. The van der Waals surface area contributed by atoms with Crippen molar-refractivity contribution in [1.82, 2.24) is 4.98 Å². The molecule has 29 heavy (non-hydrogen) atoms. The molecule has 0 bridgehead atoms. The Balaban J connectivity index is 1.44. The van der Waals surface area contributed by atoms with E-state index in [-0.39, 0.29) is 17.9 Å². The molecule has 0 atom stereocenters. The predicted octanol–water partition coefficient (Wildman–Crippen LogP) is 5.86. The number of hydrogen-bond acceptors (Lipinski definition) is 4. The van der Waals surface area contributed by atoms with Crippen LogP contribution in [0.1, 0.15) is 24.1 Å². The lowest BCUT2D eigenvalue weighted by atomic mass is 10.0. The van der Waals surface area contributed by atoms with Crippen molar-refractivity contribution in [2.45, 2.75) is 35.6 Å². The fourth-order valence-electron chi connectivity index (χ4n) is 2.88. The second-order valence-electron chi connectivity index (χ2n) is 7.14. The number of benzene rings is 2. The predicted molar refractivity (Wildman–Crippen MR) is 115 cm³/mol. The zero-order valence-corrected chi connectivity index (χ0v) is 17.7. The van der Waals surface area contributed by atoms with Crippen LogP contribution in [0.15, 0.2) is 46.7 Å². The van der Waals surface area contributed by atoms with Crippen molar-refractivity contribution in [3.8, 4) is 11.1 Å². The average Bonchev–Trinajstić information content (AvgIpc) is 3.45. The highest BCUT2D eigenvalue weighted by molar-refractivity contribution is 8.02. The molecule has 0 saturated heterocycles. The first kappa shape index (κ1) is 20.0. The van der Waals surface area contributed by atoms with Crippen LogP contribution < -0.4 is 4.90 Å². The summed E-state index contributed by atoms with van der Waals surface area (Å²) < 4.78 is 28.5. The molecule has 0 N–H and O–H groups in total. The van der Waals surface area contributed by atoms with E-state index < -0.39 is 11.6 Å². The van der Waals surface area contributed by atoms with Gasteiger partial charge in [-0.05, 0) is 49.1 Å². The maximum absolute atomic E-state index is 13.9. The lowest BCUT2D eigenvalue weighted by Gasteiger charge is -2.14. The second kappa shape index (κ2) is 8.24. The molecule has 150 valence electrons. The van der Waals surface area contributed by atoms with Crippen LogP contribution in [-0.4, -0.2) is 23.2 Å². The summed E-state index contributed by atoms with van der Waals surface area (Å²) in [5.74, 6) is -1.03. The summed E-state index contributed by atoms with van der Waals surface area (Å²) in [5.41, 5.74) is 2.56. The van der Waals surface area contributed by atoms with E-state index in [4.69, 9.17) is 0 Å². The molecule has 1 aliphatic carbocycles. The van der Waals surface area contributed by atoms with Crippen LogP contribution >= 0.6 is 23.1 Å². The summed E-state index contributed by atoms with van der Waals surface area (Å²) in [6, 6.07) is 10.3. The van der Waals surface area contributed by atoms with E-state index >= 15 is 0 Å². The first-order valence-corrected chi connectivity index (χ1v) is 11.1. The van der Waals surface area contributed by atoms with Crippen molar-refractivity contribution in [1.29, 1.82) is 0 Å². The number of carbonyl (C=O) groups excluding carboxylic acids is 1. The van der Waals surface area contributed by atoms with Gasteiger partial charge in [0.05, 0.1) is 16.3 Å². The fraction of sp³-hybridized carbons (Fsp3) is 0.273. The summed E-state index contributed by atoms with van der Waals surface area (Å²) in [6.45, 7) is 1.98. The zero-order valence-electron chi connectivity index (χ0n) is 16.1. The highest BCUT2D eigenvalue weighted by Crippen LogP contribution is 2.44. The van der Waals surface area contributed by atoms with Gasteiger partial charge in [0.15, 0.2) is 5.13 Å². The number of aromatic nitrogens is 1. The number of likely N-dealkylation sites (N-methyl/N-ethyl adjacent to an activating group) is 1. The Bertz CT molecular complexity index is 1050. The molecule has 0 aliphatic heterocycles. The number of thioether (sulfide) groups is 1. The van der Waals surface area contributed by atoms with E-state index in [1.807, 2.05) is 18.7 Å². The number of aryl methyl sites for hydroxylation is 1. The second-order valence-corrected chi connectivity index (χ2v) is 9.68. The Morgan fingerprint density at radius 1 is 1.21 bits per heavy atom. The molecule has 1 amide bonds. The Morgan fingerprint density at radius 3 is 2.62 bits per heavy atom. The molecule has 0 spiro atoms. The fourth-order valence-corrected chi connectivity index (χ4v) is 5.38. The van der Waals surface area contributed by atoms with Gasteiger partial charge in [0.2, 0.25) is 5.91 Å². The lowest BCUT2D eigenvalue weighted by molar-refractivity contribution is -0.117. The molecule has 0 unspecified atom stereocenters. The quantitative estimate of drug-likeness (QED) is 0.491. The van der Waals surface area contributed by atoms with Crippen molar-refractivity contribution in [2.24, 2.45) is 0 Å². The van der Waals surface area contributed by atoms with E-state index in [2.05, 4.69) is 4.98 Å². The topological polar surface area (TPSA) is 33.2 Å². The molecule has 1 aromatic heterocycles. The molecule has 3 nitrogen and oxygen atoms in total. The monoisotopic (exact) mass is 430 g/mol. The van der Waals surface area contributed by atoms with Gasteiger partial charge in [-0.2, -0.15) is 0 Å². The SMILES string of the molecule is Cc1nc(N(C)C(=O)Cc2ccc(-c3cc(F)ccc3F)cc2)sc1SC1CC1. The molecule has 0 radical (unpaired) electrons. The Hall–Kier alpha value is -2.25. The number of thiazole rings is 1. The van der Waals surface area contributed by atoms with Crippen LogP contribution in [0.3, 0.4) is 0 Å². The van der Waals surface area contributed by atoms with Gasteiger partial charge in [-0.15, -0.1) is 11.8 Å². The van der Waals surface area contributed by atoms with Crippen LogP contribution in [0.4, 0.5) is 13.9 Å². The number of amides is 1. The average molecular weight is 431 g/mol. The van der Waals surface area contributed by atoms with Crippen LogP contribution in [0, 0.1) is 18.6 Å². The largest absolute Gasteiger partial charge is 0.291 e. The van der Waals surface area contributed by atoms with Crippen molar-refractivity contribution >= 4 is 34.1 Å². The van der Waals surface area contributed by atoms with Gasteiger partial charge in [0, 0.05) is 17.9 Å². The van der Waals surface area contributed by atoms with E-state index in [0.717, 1.165) is 23.4 Å². The minimum absolute atomic E-state index is 0.0635. The third kappa shape index (κ3) is 4.67. The van der Waals surface area contributed by atoms with E-state index in [9.17, 15) is 13.6 Å². The van der Waals surface area contributed by atoms with Gasteiger partial charge < -0.3 is 0 Å². The maximum Gasteiger partial charge on any atom is 0.232 e. The Kier molecular flexibility index (Phi) is 5.69. The molecular weight excluding hydrogens is 410 g/mol. The highest BCUT2D eigenvalue weighted by atomic mass is 32.2. The van der Waals surface area contributed by atoms with Gasteiger partial charge in [-0.3, -0.25) is 9.69 Å². The highest BCUT2D eigenvalue weighted by Gasteiger charge is 2.26. The maximum atomic E-state index is 13.9. The summed E-state index contributed by atoms with van der Waals surface area (Å²) in [4.78, 5) is 18.8. The molecular formula is C22H20F2N2OS2. The molecule has 1 fully saturated rings. The molecule has 7 heteroatoms. The zero-order chi connectivity index (χ0) is 20.5. The summed E-state index contributed by atoms with van der Waals surface area (Å²) in [6.07, 6.45) is 2.72. The number of halogens is 2. The standard InChI is InChI=1S/C22H20F2N2OS2/c1-13-21(28-17-8-9-17)29-22(25-13)26(2)20(27)11-14-3-5-15(6-4-14)18-12-16(23)7-10-19(18)24/h3-7,10,12,17H,8-9,11H2,1-2H3. The molecule has 4 rings (SSSR count).